The van der Waals surface area contributed by atoms with Gasteiger partial charge in [0.1, 0.15) is 11.2 Å². The molecular formula is C27H40N4O3. The van der Waals surface area contributed by atoms with Gasteiger partial charge in [0.15, 0.2) is 5.58 Å². The first-order chi connectivity index (χ1) is 16.6. The molecule has 2 aromatic heterocycles. The average Bonchev–Trinajstić information content (AvgIpc) is 3.29. The van der Waals surface area contributed by atoms with E-state index in [1.54, 1.807) is 6.26 Å². The lowest BCUT2D eigenvalue weighted by atomic mass is 9.92. The topological polar surface area (TPSA) is 70.7 Å². The number of fused-ring (bicyclic) bond motifs is 3. The molecule has 0 spiro atoms. The van der Waals surface area contributed by atoms with E-state index >= 15 is 0 Å². The van der Waals surface area contributed by atoms with Crippen molar-refractivity contribution in [3.05, 3.63) is 24.1 Å². The Kier molecular flexibility index (Phi) is 7.00. The second-order valence-electron chi connectivity index (χ2n) is 10.8. The Morgan fingerprint density at radius 1 is 1.03 bits per heavy atom. The summed E-state index contributed by atoms with van der Waals surface area (Å²) in [6.07, 6.45) is 14.8. The van der Waals surface area contributed by atoms with Gasteiger partial charge in [-0.2, -0.15) is 0 Å². The molecule has 2 amide bonds. The highest BCUT2D eigenvalue weighted by Gasteiger charge is 2.48. The van der Waals surface area contributed by atoms with Gasteiger partial charge >= 0.3 is 0 Å². The lowest BCUT2D eigenvalue weighted by Crippen LogP contribution is -2.65. The van der Waals surface area contributed by atoms with Crippen LogP contribution in [0.3, 0.4) is 0 Å². The van der Waals surface area contributed by atoms with Crippen molar-refractivity contribution in [2.75, 3.05) is 26.2 Å². The third-order valence-corrected chi connectivity index (χ3v) is 8.32. The van der Waals surface area contributed by atoms with Crippen molar-refractivity contribution >= 4 is 22.9 Å². The first-order valence-electron chi connectivity index (χ1n) is 13.5. The Hall–Kier alpha value is -2.28. The van der Waals surface area contributed by atoms with Crippen LogP contribution in [-0.4, -0.2) is 63.9 Å². The number of carbonyl (C=O) groups excluding carboxylic acids is 2. The number of nitrogens with zero attached hydrogens (tertiary/aromatic N) is 3. The second-order valence-corrected chi connectivity index (χ2v) is 10.8. The highest BCUT2D eigenvalue weighted by Crippen LogP contribution is 2.33. The molecule has 1 N–H and O–H groups in total. The molecule has 2 aromatic rings. The molecule has 34 heavy (non-hydrogen) atoms. The Labute approximate surface area is 202 Å². The van der Waals surface area contributed by atoms with Gasteiger partial charge in [-0.1, -0.05) is 44.9 Å². The fraction of sp³-hybridized carbons (Fsp3) is 0.704. The summed E-state index contributed by atoms with van der Waals surface area (Å²) < 4.78 is 7.59. The van der Waals surface area contributed by atoms with Crippen LogP contribution in [0.1, 0.15) is 88.0 Å². The van der Waals surface area contributed by atoms with Gasteiger partial charge in [0.05, 0.1) is 18.3 Å². The zero-order valence-electron chi connectivity index (χ0n) is 20.7. The van der Waals surface area contributed by atoms with Crippen molar-refractivity contribution < 1.29 is 14.0 Å². The number of furan rings is 1. The van der Waals surface area contributed by atoms with Crippen molar-refractivity contribution in [3.63, 3.8) is 0 Å². The van der Waals surface area contributed by atoms with Crippen molar-refractivity contribution in [2.24, 2.45) is 0 Å². The number of amides is 2. The minimum atomic E-state index is -0.929. The van der Waals surface area contributed by atoms with Crippen LogP contribution in [-0.2, 0) is 11.3 Å². The number of rotatable bonds is 5. The number of likely N-dealkylation sites (tertiary alicyclic amines) is 1. The summed E-state index contributed by atoms with van der Waals surface area (Å²) in [6.45, 7) is 5.96. The molecular weight excluding hydrogens is 428 g/mol. The highest BCUT2D eigenvalue weighted by atomic mass is 16.3. The molecule has 186 valence electrons. The van der Waals surface area contributed by atoms with Crippen LogP contribution >= 0.6 is 0 Å². The summed E-state index contributed by atoms with van der Waals surface area (Å²) in [5.41, 5.74) is 1.30. The molecule has 7 heteroatoms. The molecule has 5 rings (SSSR count). The normalized spacial score (nSPS) is 25.6. The molecule has 0 bridgehead atoms. The zero-order chi connectivity index (χ0) is 23.5. The Balaban J connectivity index is 1.40. The minimum Gasteiger partial charge on any atom is -0.463 e. The smallest absolute Gasteiger partial charge is 0.271 e. The van der Waals surface area contributed by atoms with E-state index in [1.165, 1.54) is 44.9 Å². The van der Waals surface area contributed by atoms with E-state index in [1.807, 2.05) is 28.5 Å². The molecule has 1 saturated heterocycles. The first-order valence-corrected chi connectivity index (χ1v) is 13.5. The van der Waals surface area contributed by atoms with Gasteiger partial charge in [-0.25, -0.2) is 0 Å². The molecule has 1 atom stereocenters. The van der Waals surface area contributed by atoms with Gasteiger partial charge in [0.25, 0.3) is 5.91 Å². The van der Waals surface area contributed by atoms with Crippen molar-refractivity contribution in [1.29, 1.82) is 0 Å². The molecule has 2 fully saturated rings. The summed E-state index contributed by atoms with van der Waals surface area (Å²) in [7, 11) is 0. The van der Waals surface area contributed by atoms with Crippen molar-refractivity contribution in [3.8, 4) is 0 Å². The van der Waals surface area contributed by atoms with Gasteiger partial charge in [0.2, 0.25) is 5.91 Å². The fourth-order valence-corrected chi connectivity index (χ4v) is 6.17. The zero-order valence-corrected chi connectivity index (χ0v) is 20.7. The summed E-state index contributed by atoms with van der Waals surface area (Å²) >= 11 is 0. The van der Waals surface area contributed by atoms with Crippen LogP contribution in [0.15, 0.2) is 22.8 Å². The van der Waals surface area contributed by atoms with E-state index in [0.29, 0.717) is 24.4 Å². The minimum absolute atomic E-state index is 0.0155. The Bertz CT molecular complexity index is 995. The van der Waals surface area contributed by atoms with E-state index in [4.69, 9.17) is 4.42 Å². The van der Waals surface area contributed by atoms with Gasteiger partial charge in [-0.15, -0.1) is 0 Å². The van der Waals surface area contributed by atoms with Crippen LogP contribution in [0.2, 0.25) is 0 Å². The molecule has 3 aliphatic rings. The monoisotopic (exact) mass is 468 g/mol. The van der Waals surface area contributed by atoms with Crippen molar-refractivity contribution in [1.82, 2.24) is 19.7 Å². The highest BCUT2D eigenvalue weighted by molar-refractivity contribution is 6.02. The standard InChI is InChI=1S/C27H40N4O3/c1-27(26(33)28-21-11-7-3-2-4-8-12-21)20-30-22-13-18-34-24(22)19-23(30)25(32)31(27)17-16-29-14-9-5-6-10-15-29/h13,18-19,21H,2-12,14-17,20H2,1H3,(H,28,33)/t27-/m1/s1. The van der Waals surface area contributed by atoms with Crippen LogP contribution in [0.4, 0.5) is 0 Å². The molecule has 1 saturated carbocycles. The van der Waals surface area contributed by atoms with Crippen LogP contribution in [0.25, 0.3) is 11.1 Å². The Morgan fingerprint density at radius 2 is 1.71 bits per heavy atom. The van der Waals surface area contributed by atoms with Crippen LogP contribution in [0.5, 0.6) is 0 Å². The lowest BCUT2D eigenvalue weighted by Gasteiger charge is -2.45. The third-order valence-electron chi connectivity index (χ3n) is 8.32. The third kappa shape index (κ3) is 4.64. The second kappa shape index (κ2) is 10.1. The predicted molar refractivity (Wildman–Crippen MR) is 133 cm³/mol. The summed E-state index contributed by atoms with van der Waals surface area (Å²) in [5.74, 6) is -0.0823. The maximum Gasteiger partial charge on any atom is 0.271 e. The van der Waals surface area contributed by atoms with Crippen LogP contribution < -0.4 is 5.32 Å². The van der Waals surface area contributed by atoms with Gasteiger partial charge in [-0.3, -0.25) is 9.59 Å². The van der Waals surface area contributed by atoms with Gasteiger partial charge in [-0.05, 0) is 45.7 Å². The summed E-state index contributed by atoms with van der Waals surface area (Å²) in [5, 5.41) is 3.38. The summed E-state index contributed by atoms with van der Waals surface area (Å²) in [4.78, 5) is 32.0. The molecule has 7 nitrogen and oxygen atoms in total. The van der Waals surface area contributed by atoms with E-state index in [9.17, 15) is 9.59 Å². The predicted octanol–water partition coefficient (Wildman–Crippen LogP) is 4.55. The Morgan fingerprint density at radius 3 is 2.44 bits per heavy atom. The number of hydrogen-bond acceptors (Lipinski definition) is 4. The lowest BCUT2D eigenvalue weighted by molar-refractivity contribution is -0.133. The van der Waals surface area contributed by atoms with Crippen molar-refractivity contribution in [2.45, 2.75) is 95.7 Å². The quantitative estimate of drug-likeness (QED) is 0.699. The fourth-order valence-electron chi connectivity index (χ4n) is 6.17. The van der Waals surface area contributed by atoms with Crippen LogP contribution in [0, 0.1) is 0 Å². The van der Waals surface area contributed by atoms with E-state index in [0.717, 1.165) is 50.8 Å². The van der Waals surface area contributed by atoms with E-state index < -0.39 is 5.54 Å². The van der Waals surface area contributed by atoms with E-state index in [2.05, 4.69) is 10.2 Å². The maximum atomic E-state index is 13.9. The largest absolute Gasteiger partial charge is 0.463 e. The average molecular weight is 469 g/mol. The molecule has 0 radical (unpaired) electrons. The number of aromatic nitrogens is 1. The molecule has 2 aliphatic heterocycles. The molecule has 0 unspecified atom stereocenters. The molecule has 1 aliphatic carbocycles. The number of nitrogens with one attached hydrogen (secondary N) is 1. The summed E-state index contributed by atoms with van der Waals surface area (Å²) in [6, 6.07) is 3.93. The molecule has 4 heterocycles. The van der Waals surface area contributed by atoms with E-state index in [-0.39, 0.29) is 17.9 Å². The first kappa shape index (κ1) is 23.5. The SMILES string of the molecule is C[C@]1(C(=O)NC2CCCCCCC2)Cn2c(cc3occc32)C(=O)N1CCN1CCCCCC1. The number of hydrogen-bond donors (Lipinski definition) is 1. The van der Waals surface area contributed by atoms with Gasteiger partial charge < -0.3 is 24.1 Å². The maximum absolute atomic E-state index is 13.9. The van der Waals surface area contributed by atoms with Gasteiger partial charge in [0, 0.05) is 31.3 Å². The number of carbonyl (C=O) groups is 2. The molecule has 0 aromatic carbocycles.